The molecule has 6 heteroatoms. The Morgan fingerprint density at radius 1 is 1.03 bits per heavy atom. The van der Waals surface area contributed by atoms with Crippen LogP contribution in [0.15, 0.2) is 5.16 Å². The van der Waals surface area contributed by atoms with Crippen LogP contribution in [-0.2, 0) is 9.63 Å². The van der Waals surface area contributed by atoms with Crippen LogP contribution >= 0.6 is 0 Å². The first-order valence-corrected chi connectivity index (χ1v) is 14.7. The van der Waals surface area contributed by atoms with Gasteiger partial charge in [0.2, 0.25) is 0 Å². The van der Waals surface area contributed by atoms with Gasteiger partial charge in [0.05, 0.1) is 5.71 Å². The molecule has 5 aliphatic rings. The molecule has 0 aromatic heterocycles. The maximum absolute atomic E-state index is 12.7. The minimum Gasteiger partial charge on any atom is -0.312 e. The van der Waals surface area contributed by atoms with E-state index in [-0.39, 0.29) is 23.0 Å². The van der Waals surface area contributed by atoms with E-state index >= 15 is 0 Å². The summed E-state index contributed by atoms with van der Waals surface area (Å²) in [6, 6.07) is 0.282. The molecule has 0 aromatic rings. The van der Waals surface area contributed by atoms with E-state index in [0.29, 0.717) is 29.6 Å². The number of nitrogens with one attached hydrogen (secondary N) is 1. The Kier molecular flexibility index (Phi) is 6.83. The third-order valence-electron chi connectivity index (χ3n) is 12.1. The molecule has 36 heavy (non-hydrogen) atoms. The van der Waals surface area contributed by atoms with Gasteiger partial charge in [0.15, 0.2) is 0 Å². The normalized spacial score (nSPS) is 43.9. The highest BCUT2D eigenvalue weighted by atomic mass is 16.7. The average Bonchev–Trinajstić information content (AvgIpc) is 3.35. The molecule has 1 N–H and O–H groups in total. The van der Waals surface area contributed by atoms with Gasteiger partial charge in [0.1, 0.15) is 5.78 Å². The van der Waals surface area contributed by atoms with Gasteiger partial charge in [0.25, 0.3) is 0 Å². The molecule has 1 saturated heterocycles. The van der Waals surface area contributed by atoms with Gasteiger partial charge in [-0.25, -0.2) is 4.79 Å². The molecule has 8 atom stereocenters. The second-order valence-corrected chi connectivity index (χ2v) is 14.3. The smallest absolute Gasteiger partial charge is 0.312 e. The SMILES string of the molecule is C/C(=N\OC(=O)N(C)CC1NCCC1(C)C)[C@H]1CC[C@H]2[C@@H]3CC[C@H]4CC(=O)CC[C@]4(C)[C@H]3CC[C@]12C. The number of amides is 1. The number of oxime groups is 1. The third-order valence-corrected chi connectivity index (χ3v) is 12.1. The molecule has 4 saturated carbocycles. The van der Waals surface area contributed by atoms with E-state index in [0.717, 1.165) is 62.1 Å². The zero-order valence-electron chi connectivity index (χ0n) is 23.6. The van der Waals surface area contributed by atoms with Crippen molar-refractivity contribution in [1.82, 2.24) is 10.2 Å². The van der Waals surface area contributed by atoms with Gasteiger partial charge in [-0.15, -0.1) is 0 Å². The Morgan fingerprint density at radius 2 is 1.78 bits per heavy atom. The standard InChI is InChI=1S/C30H49N3O3/c1-19(32-36-27(35)33(6)18-26-28(2,3)15-16-31-26)23-9-10-24-22-8-7-20-17-21(34)11-13-29(20,4)25(22)12-14-30(23,24)5/h20,22-26,31H,7-18H2,1-6H3/b32-19+/t20-,22-,23+,24-,25-,26?,29-,30+/m0/s1. The Morgan fingerprint density at radius 3 is 2.50 bits per heavy atom. The molecular formula is C30H49N3O3. The fourth-order valence-corrected chi connectivity index (χ4v) is 9.66. The van der Waals surface area contributed by atoms with Gasteiger partial charge in [0, 0.05) is 38.4 Å². The van der Waals surface area contributed by atoms with E-state index in [1.165, 1.54) is 32.1 Å². The van der Waals surface area contributed by atoms with E-state index in [4.69, 9.17) is 4.84 Å². The highest BCUT2D eigenvalue weighted by Crippen LogP contribution is 2.67. The van der Waals surface area contributed by atoms with Gasteiger partial charge in [-0.1, -0.05) is 32.9 Å². The predicted octanol–water partition coefficient (Wildman–Crippen LogP) is 6.05. The van der Waals surface area contributed by atoms with Crippen molar-refractivity contribution in [3.8, 4) is 0 Å². The van der Waals surface area contributed by atoms with Crippen molar-refractivity contribution >= 4 is 17.6 Å². The molecular weight excluding hydrogens is 450 g/mol. The summed E-state index contributed by atoms with van der Waals surface area (Å²) in [5.41, 5.74) is 1.76. The average molecular weight is 500 g/mol. The molecule has 0 spiro atoms. The molecule has 0 bridgehead atoms. The van der Waals surface area contributed by atoms with Gasteiger partial charge in [-0.3, -0.25) is 9.63 Å². The summed E-state index contributed by atoms with van der Waals surface area (Å²) in [6.45, 7) is 13.2. The van der Waals surface area contributed by atoms with E-state index in [9.17, 15) is 9.59 Å². The van der Waals surface area contributed by atoms with E-state index < -0.39 is 0 Å². The van der Waals surface area contributed by atoms with Crippen LogP contribution in [0.3, 0.4) is 0 Å². The summed E-state index contributed by atoms with van der Waals surface area (Å²) >= 11 is 0. The fraction of sp³-hybridized carbons (Fsp3) is 0.900. The van der Waals surface area contributed by atoms with Crippen LogP contribution in [0.5, 0.6) is 0 Å². The van der Waals surface area contributed by atoms with Crippen LogP contribution in [0.1, 0.15) is 98.8 Å². The predicted molar refractivity (Wildman–Crippen MR) is 143 cm³/mol. The number of hydrogen-bond acceptors (Lipinski definition) is 5. The number of likely N-dealkylation sites (N-methyl/N-ethyl adjacent to an activating group) is 1. The Bertz CT molecular complexity index is 915. The van der Waals surface area contributed by atoms with E-state index in [2.05, 4.69) is 45.1 Å². The number of carbonyl (C=O) groups is 2. The maximum atomic E-state index is 12.7. The molecule has 5 rings (SSSR count). The first-order valence-electron chi connectivity index (χ1n) is 14.7. The van der Waals surface area contributed by atoms with Crippen LogP contribution in [0.4, 0.5) is 4.79 Å². The lowest BCUT2D eigenvalue weighted by Gasteiger charge is -2.60. The minimum atomic E-state index is -0.361. The summed E-state index contributed by atoms with van der Waals surface area (Å²) in [4.78, 5) is 32.1. The molecule has 6 nitrogen and oxygen atoms in total. The summed E-state index contributed by atoms with van der Waals surface area (Å²) in [5, 5.41) is 7.95. The highest BCUT2D eigenvalue weighted by molar-refractivity contribution is 5.85. The number of hydrogen-bond donors (Lipinski definition) is 1. The molecule has 0 radical (unpaired) electrons. The lowest BCUT2D eigenvalue weighted by atomic mass is 9.44. The molecule has 1 aliphatic heterocycles. The van der Waals surface area contributed by atoms with Gasteiger partial charge in [-0.2, -0.15) is 0 Å². The Hall–Kier alpha value is -1.43. The highest BCUT2D eigenvalue weighted by Gasteiger charge is 2.60. The van der Waals surface area contributed by atoms with E-state index in [1.807, 2.05) is 7.05 Å². The number of rotatable bonds is 4. The molecule has 4 aliphatic carbocycles. The minimum absolute atomic E-state index is 0.184. The summed E-state index contributed by atoms with van der Waals surface area (Å²) in [6.07, 6.45) is 10.9. The van der Waals surface area contributed by atoms with Crippen molar-refractivity contribution in [3.63, 3.8) is 0 Å². The first-order chi connectivity index (χ1) is 17.0. The molecule has 5 fully saturated rings. The number of ketones is 1. The van der Waals surface area contributed by atoms with Crippen molar-refractivity contribution in [2.45, 2.75) is 105 Å². The quantitative estimate of drug-likeness (QED) is 0.290. The van der Waals surface area contributed by atoms with Crippen molar-refractivity contribution in [2.75, 3.05) is 20.1 Å². The number of carbonyl (C=O) groups excluding carboxylic acids is 2. The van der Waals surface area contributed by atoms with Crippen LogP contribution in [0.2, 0.25) is 0 Å². The third kappa shape index (κ3) is 4.33. The van der Waals surface area contributed by atoms with Crippen LogP contribution in [0, 0.1) is 45.8 Å². The number of Topliss-reactive ketones (excluding diaryl/α,β-unsaturated/α-hetero) is 1. The van der Waals surface area contributed by atoms with Crippen LogP contribution in [0.25, 0.3) is 0 Å². The van der Waals surface area contributed by atoms with Crippen LogP contribution < -0.4 is 5.32 Å². The largest absolute Gasteiger partial charge is 0.435 e. The van der Waals surface area contributed by atoms with Gasteiger partial charge >= 0.3 is 6.09 Å². The molecule has 1 unspecified atom stereocenters. The number of fused-ring (bicyclic) bond motifs is 5. The maximum Gasteiger partial charge on any atom is 0.435 e. The molecule has 1 amide bonds. The summed E-state index contributed by atoms with van der Waals surface area (Å²) in [5.74, 6) is 3.73. The van der Waals surface area contributed by atoms with Gasteiger partial charge in [-0.05, 0) is 105 Å². The van der Waals surface area contributed by atoms with Crippen molar-refractivity contribution in [1.29, 1.82) is 0 Å². The molecule has 0 aromatic carbocycles. The topological polar surface area (TPSA) is 71.0 Å². The Labute approximate surface area is 218 Å². The zero-order chi connectivity index (χ0) is 25.9. The summed E-state index contributed by atoms with van der Waals surface area (Å²) in [7, 11) is 1.81. The summed E-state index contributed by atoms with van der Waals surface area (Å²) < 4.78 is 0. The lowest BCUT2D eigenvalue weighted by molar-refractivity contribution is -0.138. The monoisotopic (exact) mass is 499 g/mol. The second-order valence-electron chi connectivity index (χ2n) is 14.3. The first kappa shape index (κ1) is 26.2. The Balaban J connectivity index is 1.23. The van der Waals surface area contributed by atoms with Gasteiger partial charge < -0.3 is 10.2 Å². The van der Waals surface area contributed by atoms with E-state index in [1.54, 1.807) is 4.90 Å². The fourth-order valence-electron chi connectivity index (χ4n) is 9.66. The molecule has 1 heterocycles. The second kappa shape index (κ2) is 9.39. The van der Waals surface area contributed by atoms with Crippen molar-refractivity contribution < 1.29 is 14.4 Å². The van der Waals surface area contributed by atoms with Crippen LogP contribution in [-0.4, -0.2) is 48.7 Å². The molecule has 202 valence electrons. The van der Waals surface area contributed by atoms with Crippen molar-refractivity contribution in [2.24, 2.45) is 51.0 Å². The lowest BCUT2D eigenvalue weighted by Crippen LogP contribution is -2.53. The zero-order valence-corrected chi connectivity index (χ0v) is 23.6. The number of nitrogens with zero attached hydrogens (tertiary/aromatic N) is 2. The van der Waals surface area contributed by atoms with Crippen molar-refractivity contribution in [3.05, 3.63) is 0 Å².